The highest BCUT2D eigenvalue weighted by molar-refractivity contribution is 9.09. The Morgan fingerprint density at radius 2 is 1.50 bits per heavy atom. The van der Waals surface area contributed by atoms with Crippen LogP contribution in [0, 0.1) is 22.7 Å². The van der Waals surface area contributed by atoms with Crippen molar-refractivity contribution in [3.63, 3.8) is 0 Å². The average molecular weight is 466 g/mol. The second-order valence-electron chi connectivity index (χ2n) is 10.2. The predicted octanol–water partition coefficient (Wildman–Crippen LogP) is 5.42. The lowest BCUT2D eigenvalue weighted by Crippen LogP contribution is -2.54. The summed E-state index contributed by atoms with van der Waals surface area (Å²) in [4.78, 5) is 0.980. The lowest BCUT2D eigenvalue weighted by atomic mass is 9.58. The summed E-state index contributed by atoms with van der Waals surface area (Å²) in [5, 5.41) is 22.5. The Morgan fingerprint density at radius 1 is 0.875 bits per heavy atom. The van der Waals surface area contributed by atoms with Crippen molar-refractivity contribution in [2.75, 3.05) is 0 Å². The molecule has 3 aliphatic carbocycles. The molecule has 0 saturated heterocycles. The van der Waals surface area contributed by atoms with Crippen LogP contribution in [0.3, 0.4) is 0 Å². The van der Waals surface area contributed by atoms with Crippen molar-refractivity contribution in [3.8, 4) is 0 Å². The van der Waals surface area contributed by atoms with Gasteiger partial charge >= 0.3 is 0 Å². The normalized spacial score (nSPS) is 54.5. The standard InChI is InChI=1S/C20H34Br2O2/c1-17(2)12-20(24,10-7-14(17)21)11-13-5-8-18(3)15(22)6-9-19(4,23)16(13)18/h13-16,23-24H,5-12H2,1-4H3/t13-,14-,15-,16-,18+,19+,20-/m0/s1. The molecule has 3 rings (SSSR count). The number of alkyl halides is 2. The first-order valence-electron chi connectivity index (χ1n) is 9.63. The zero-order valence-corrected chi connectivity index (χ0v) is 18.8. The van der Waals surface area contributed by atoms with Gasteiger partial charge < -0.3 is 10.2 Å². The number of aliphatic hydroxyl groups is 2. The minimum atomic E-state index is -0.599. The van der Waals surface area contributed by atoms with Crippen molar-refractivity contribution in [2.45, 2.75) is 99.9 Å². The van der Waals surface area contributed by atoms with Gasteiger partial charge in [-0.1, -0.05) is 52.6 Å². The molecule has 3 saturated carbocycles. The molecular weight excluding hydrogens is 432 g/mol. The Morgan fingerprint density at radius 3 is 2.12 bits per heavy atom. The summed E-state index contributed by atoms with van der Waals surface area (Å²) >= 11 is 7.72. The second kappa shape index (κ2) is 6.21. The van der Waals surface area contributed by atoms with Crippen molar-refractivity contribution >= 4 is 31.9 Å². The van der Waals surface area contributed by atoms with Gasteiger partial charge in [0, 0.05) is 9.65 Å². The SMILES string of the molecule is CC1(C)C[C@@](O)(C[C@@H]2CC[C@]3(C)[C@@H](Br)CC[C@@](C)(O)[C@@H]23)CC[C@@H]1Br. The topological polar surface area (TPSA) is 40.5 Å². The van der Waals surface area contributed by atoms with Gasteiger partial charge in [-0.25, -0.2) is 0 Å². The first-order valence-corrected chi connectivity index (χ1v) is 11.5. The molecule has 0 aliphatic heterocycles. The summed E-state index contributed by atoms with van der Waals surface area (Å²) in [5.74, 6) is 0.718. The first-order chi connectivity index (χ1) is 10.9. The van der Waals surface area contributed by atoms with Crippen LogP contribution in [0.4, 0.5) is 0 Å². The van der Waals surface area contributed by atoms with E-state index in [2.05, 4.69) is 52.6 Å². The number of hydrogen-bond acceptors (Lipinski definition) is 2. The third-order valence-electron chi connectivity index (χ3n) is 7.66. The van der Waals surface area contributed by atoms with E-state index in [0.717, 1.165) is 51.4 Å². The molecule has 2 N–H and O–H groups in total. The molecule has 7 atom stereocenters. The maximum atomic E-state index is 11.4. The molecule has 0 bridgehead atoms. The third kappa shape index (κ3) is 3.27. The van der Waals surface area contributed by atoms with E-state index >= 15 is 0 Å². The van der Waals surface area contributed by atoms with E-state index in [4.69, 9.17) is 0 Å². The van der Waals surface area contributed by atoms with Gasteiger partial charge in [-0.15, -0.1) is 0 Å². The summed E-state index contributed by atoms with van der Waals surface area (Å²) in [6.07, 6.45) is 7.85. The van der Waals surface area contributed by atoms with Crippen LogP contribution in [0.1, 0.15) is 79.1 Å². The minimum absolute atomic E-state index is 0.127. The fourth-order valence-electron chi connectivity index (χ4n) is 6.55. The Balaban J connectivity index is 1.80. The van der Waals surface area contributed by atoms with Gasteiger partial charge in [-0.2, -0.15) is 0 Å². The van der Waals surface area contributed by atoms with E-state index in [9.17, 15) is 10.2 Å². The number of rotatable bonds is 2. The largest absolute Gasteiger partial charge is 0.390 e. The van der Waals surface area contributed by atoms with Crippen LogP contribution in [-0.2, 0) is 0 Å². The summed E-state index contributed by atoms with van der Waals surface area (Å²) in [7, 11) is 0. The number of hydrogen-bond donors (Lipinski definition) is 2. The quantitative estimate of drug-likeness (QED) is 0.534. The second-order valence-corrected chi connectivity index (χ2v) is 12.5. The van der Waals surface area contributed by atoms with E-state index < -0.39 is 11.2 Å². The van der Waals surface area contributed by atoms with Gasteiger partial charge in [0.1, 0.15) is 0 Å². The van der Waals surface area contributed by atoms with Crippen molar-refractivity contribution in [2.24, 2.45) is 22.7 Å². The molecule has 0 aromatic rings. The van der Waals surface area contributed by atoms with Crippen LogP contribution in [-0.4, -0.2) is 31.1 Å². The van der Waals surface area contributed by atoms with Crippen molar-refractivity contribution in [1.82, 2.24) is 0 Å². The maximum absolute atomic E-state index is 11.4. The Bertz CT molecular complexity index is 492. The highest BCUT2D eigenvalue weighted by atomic mass is 79.9. The summed E-state index contributed by atoms with van der Waals surface area (Å²) in [5.41, 5.74) is -0.884. The fourth-order valence-corrected chi connectivity index (χ4v) is 7.68. The first kappa shape index (κ1) is 19.6. The highest BCUT2D eigenvalue weighted by Crippen LogP contribution is 2.62. The van der Waals surface area contributed by atoms with E-state index in [-0.39, 0.29) is 16.7 Å². The Hall–Kier alpha value is 0.880. The average Bonchev–Trinajstić information content (AvgIpc) is 2.78. The van der Waals surface area contributed by atoms with Gasteiger partial charge in [0.15, 0.2) is 0 Å². The van der Waals surface area contributed by atoms with Crippen molar-refractivity contribution < 1.29 is 10.2 Å². The van der Waals surface area contributed by atoms with Gasteiger partial charge in [-0.3, -0.25) is 0 Å². The molecule has 3 aliphatic rings. The molecule has 0 unspecified atom stereocenters. The lowest BCUT2D eigenvalue weighted by molar-refractivity contribution is -0.114. The zero-order valence-electron chi connectivity index (χ0n) is 15.6. The van der Waals surface area contributed by atoms with Gasteiger partial charge in [0.2, 0.25) is 0 Å². The molecule has 3 fully saturated rings. The van der Waals surface area contributed by atoms with E-state index in [1.165, 1.54) is 0 Å². The molecule has 0 radical (unpaired) electrons. The lowest BCUT2D eigenvalue weighted by Gasteiger charge is -2.52. The molecule has 0 aromatic carbocycles. The maximum Gasteiger partial charge on any atom is 0.0656 e. The van der Waals surface area contributed by atoms with E-state index in [1.807, 2.05) is 6.92 Å². The van der Waals surface area contributed by atoms with Crippen molar-refractivity contribution in [1.29, 1.82) is 0 Å². The van der Waals surface area contributed by atoms with Gasteiger partial charge in [0.25, 0.3) is 0 Å². The number of fused-ring (bicyclic) bond motifs is 1. The molecule has 2 nitrogen and oxygen atoms in total. The zero-order chi connectivity index (χ0) is 18.0. The van der Waals surface area contributed by atoms with Crippen LogP contribution < -0.4 is 0 Å². The smallest absolute Gasteiger partial charge is 0.0656 e. The molecular formula is C20H34Br2O2. The van der Waals surface area contributed by atoms with E-state index in [1.54, 1.807) is 0 Å². The van der Waals surface area contributed by atoms with Crippen LogP contribution in [0.2, 0.25) is 0 Å². The monoisotopic (exact) mass is 464 g/mol. The highest BCUT2D eigenvalue weighted by Gasteiger charge is 2.59. The molecule has 0 amide bonds. The fraction of sp³-hybridized carbons (Fsp3) is 1.00. The summed E-state index contributed by atoms with van der Waals surface area (Å²) < 4.78 is 0. The Labute approximate surface area is 164 Å². The van der Waals surface area contributed by atoms with E-state index in [0.29, 0.717) is 15.6 Å². The molecule has 24 heavy (non-hydrogen) atoms. The third-order valence-corrected chi connectivity index (χ3v) is 10.9. The van der Waals surface area contributed by atoms with Crippen LogP contribution in [0.15, 0.2) is 0 Å². The Kier molecular flexibility index (Phi) is 5.08. The molecule has 4 heteroatoms. The molecule has 0 heterocycles. The minimum Gasteiger partial charge on any atom is -0.390 e. The number of halogens is 2. The molecule has 0 spiro atoms. The molecule has 140 valence electrons. The van der Waals surface area contributed by atoms with Crippen molar-refractivity contribution in [3.05, 3.63) is 0 Å². The van der Waals surface area contributed by atoms with Crippen LogP contribution in [0.5, 0.6) is 0 Å². The van der Waals surface area contributed by atoms with Crippen LogP contribution >= 0.6 is 31.9 Å². The predicted molar refractivity (Wildman–Crippen MR) is 107 cm³/mol. The van der Waals surface area contributed by atoms with Gasteiger partial charge in [-0.05, 0) is 81.0 Å². The summed E-state index contributed by atoms with van der Waals surface area (Å²) in [6.45, 7) is 8.92. The molecule has 0 aromatic heterocycles. The van der Waals surface area contributed by atoms with Crippen LogP contribution in [0.25, 0.3) is 0 Å². The van der Waals surface area contributed by atoms with Gasteiger partial charge in [0.05, 0.1) is 11.2 Å². The summed E-state index contributed by atoms with van der Waals surface area (Å²) in [6, 6.07) is 0.